The fraction of sp³-hybridized carbons (Fsp3) is 0.923. The number of aliphatic imine (C=N–C) groups is 1. The van der Waals surface area contributed by atoms with Gasteiger partial charge in [0.2, 0.25) is 0 Å². The van der Waals surface area contributed by atoms with E-state index in [-0.39, 0.29) is 5.50 Å². The number of amidine groups is 1. The molecule has 3 unspecified atom stereocenters. The summed E-state index contributed by atoms with van der Waals surface area (Å²) in [6, 6.07) is 1.25. The van der Waals surface area contributed by atoms with E-state index in [0.717, 1.165) is 6.54 Å². The molecule has 0 radical (unpaired) electrons. The molecule has 0 bridgehead atoms. The number of hydrogen-bond acceptors (Lipinski definition) is 6. The van der Waals surface area contributed by atoms with Crippen molar-refractivity contribution in [3.63, 3.8) is 0 Å². The van der Waals surface area contributed by atoms with E-state index in [1.54, 1.807) is 0 Å². The predicted molar refractivity (Wildman–Crippen MR) is 87.6 cm³/mol. The summed E-state index contributed by atoms with van der Waals surface area (Å²) in [5, 5.41) is 1.23. The van der Waals surface area contributed by atoms with Gasteiger partial charge in [-0.15, -0.1) is 0 Å². The molecule has 3 atom stereocenters. The molecule has 0 aromatic rings. The van der Waals surface area contributed by atoms with Crippen molar-refractivity contribution in [1.82, 2.24) is 14.7 Å². The molecule has 0 spiro atoms. The van der Waals surface area contributed by atoms with Crippen LogP contribution >= 0.6 is 21.6 Å². The highest BCUT2D eigenvalue weighted by molar-refractivity contribution is 8.82. The van der Waals surface area contributed by atoms with Crippen LogP contribution in [-0.4, -0.2) is 71.7 Å². The molecule has 110 valence electrons. The maximum atomic E-state index is 4.86. The molecule has 0 aromatic heterocycles. The number of hydrogen-bond donors (Lipinski definition) is 0. The lowest BCUT2D eigenvalue weighted by Gasteiger charge is -2.37. The smallest absolute Gasteiger partial charge is 0.172 e. The molecule has 1 saturated heterocycles. The largest absolute Gasteiger partial charge is 0.348 e. The summed E-state index contributed by atoms with van der Waals surface area (Å²) >= 11 is 0. The van der Waals surface area contributed by atoms with Gasteiger partial charge in [0, 0.05) is 25.2 Å². The van der Waals surface area contributed by atoms with Crippen LogP contribution in [0.25, 0.3) is 0 Å². The summed E-state index contributed by atoms with van der Waals surface area (Å²) in [6.07, 6.45) is 2.44. The Morgan fingerprint density at radius 3 is 2.47 bits per heavy atom. The van der Waals surface area contributed by atoms with Gasteiger partial charge in [0.05, 0.1) is 0 Å². The van der Waals surface area contributed by atoms with Gasteiger partial charge in [0.15, 0.2) is 10.7 Å². The standard InChI is InChI=1S/C13H26N4S2/c1-10-7-9-17(11(2)6-8-16(10)5)13-14-12(15(3)4)18-19-13/h10-12H,6-9H2,1-5H3. The molecule has 19 heavy (non-hydrogen) atoms. The average Bonchev–Trinajstić information content (AvgIpc) is 2.84. The lowest BCUT2D eigenvalue weighted by molar-refractivity contribution is 0.170. The van der Waals surface area contributed by atoms with Crippen LogP contribution in [0, 0.1) is 0 Å². The molecule has 0 N–H and O–H groups in total. The molecule has 0 amide bonds. The predicted octanol–water partition coefficient (Wildman–Crippen LogP) is 2.39. The molecule has 2 rings (SSSR count). The number of rotatable bonds is 1. The summed E-state index contributed by atoms with van der Waals surface area (Å²) < 4.78 is 0. The van der Waals surface area contributed by atoms with Gasteiger partial charge in [-0.2, -0.15) is 0 Å². The highest BCUT2D eigenvalue weighted by Crippen LogP contribution is 2.39. The van der Waals surface area contributed by atoms with Crippen LogP contribution in [0.1, 0.15) is 26.7 Å². The molecule has 0 aromatic carbocycles. The van der Waals surface area contributed by atoms with Crippen LogP contribution in [0.15, 0.2) is 4.99 Å². The highest BCUT2D eigenvalue weighted by atomic mass is 33.1. The molecule has 1 fully saturated rings. The third kappa shape index (κ3) is 3.80. The Hall–Kier alpha value is 0.0900. The van der Waals surface area contributed by atoms with Crippen LogP contribution in [0.4, 0.5) is 0 Å². The Bertz CT molecular complexity index is 335. The van der Waals surface area contributed by atoms with Gasteiger partial charge >= 0.3 is 0 Å². The van der Waals surface area contributed by atoms with Crippen molar-refractivity contribution in [3.8, 4) is 0 Å². The molecule has 0 saturated carbocycles. The Morgan fingerprint density at radius 2 is 1.84 bits per heavy atom. The molecule has 2 heterocycles. The molecule has 4 nitrogen and oxygen atoms in total. The van der Waals surface area contributed by atoms with Crippen molar-refractivity contribution >= 4 is 26.8 Å². The van der Waals surface area contributed by atoms with Gasteiger partial charge in [-0.05, 0) is 69.4 Å². The minimum atomic E-state index is 0.276. The van der Waals surface area contributed by atoms with E-state index < -0.39 is 0 Å². The summed E-state index contributed by atoms with van der Waals surface area (Å²) in [7, 11) is 10.1. The molecule has 0 aliphatic carbocycles. The zero-order chi connectivity index (χ0) is 14.0. The fourth-order valence-corrected chi connectivity index (χ4v) is 5.01. The molecule has 2 aliphatic heterocycles. The van der Waals surface area contributed by atoms with Crippen LogP contribution in [0.3, 0.4) is 0 Å². The van der Waals surface area contributed by atoms with E-state index in [2.05, 4.69) is 49.7 Å². The first-order valence-corrected chi connectivity index (χ1v) is 9.24. The van der Waals surface area contributed by atoms with E-state index in [4.69, 9.17) is 4.99 Å². The van der Waals surface area contributed by atoms with E-state index >= 15 is 0 Å². The average molecular weight is 303 g/mol. The topological polar surface area (TPSA) is 22.1 Å². The zero-order valence-electron chi connectivity index (χ0n) is 12.7. The first-order valence-electron chi connectivity index (χ1n) is 7.03. The first kappa shape index (κ1) is 15.5. The Labute approximate surface area is 125 Å². The summed E-state index contributed by atoms with van der Waals surface area (Å²) in [4.78, 5) is 12.0. The van der Waals surface area contributed by atoms with Gasteiger partial charge < -0.3 is 9.80 Å². The lowest BCUT2D eigenvalue weighted by atomic mass is 10.1. The van der Waals surface area contributed by atoms with E-state index in [0.29, 0.717) is 12.1 Å². The summed E-state index contributed by atoms with van der Waals surface area (Å²) in [5.41, 5.74) is 0.276. The second-order valence-electron chi connectivity index (χ2n) is 5.83. The Morgan fingerprint density at radius 1 is 1.16 bits per heavy atom. The Kier molecular flexibility index (Phi) is 5.45. The van der Waals surface area contributed by atoms with Crippen LogP contribution in [-0.2, 0) is 0 Å². The quantitative estimate of drug-likeness (QED) is 0.692. The molecule has 6 heteroatoms. The molecular formula is C13H26N4S2. The maximum absolute atomic E-state index is 4.86. The molecule has 2 aliphatic rings. The van der Waals surface area contributed by atoms with Crippen LogP contribution < -0.4 is 0 Å². The van der Waals surface area contributed by atoms with E-state index in [1.165, 1.54) is 24.6 Å². The van der Waals surface area contributed by atoms with Crippen LogP contribution in [0.5, 0.6) is 0 Å². The van der Waals surface area contributed by atoms with Crippen molar-refractivity contribution in [2.75, 3.05) is 34.2 Å². The van der Waals surface area contributed by atoms with Crippen molar-refractivity contribution in [3.05, 3.63) is 0 Å². The van der Waals surface area contributed by atoms with Crippen molar-refractivity contribution < 1.29 is 0 Å². The monoisotopic (exact) mass is 302 g/mol. The second-order valence-corrected chi connectivity index (χ2v) is 8.05. The van der Waals surface area contributed by atoms with Gasteiger partial charge in [-0.1, -0.05) is 0 Å². The Balaban J connectivity index is 2.04. The maximum Gasteiger partial charge on any atom is 0.172 e. The van der Waals surface area contributed by atoms with Gasteiger partial charge in [0.1, 0.15) is 0 Å². The summed E-state index contributed by atoms with van der Waals surface area (Å²) in [6.45, 7) is 6.97. The zero-order valence-corrected chi connectivity index (χ0v) is 14.3. The minimum absolute atomic E-state index is 0.276. The van der Waals surface area contributed by atoms with Crippen molar-refractivity contribution in [2.24, 2.45) is 4.99 Å². The van der Waals surface area contributed by atoms with Crippen molar-refractivity contribution in [2.45, 2.75) is 44.3 Å². The lowest BCUT2D eigenvalue weighted by Crippen LogP contribution is -2.45. The highest BCUT2D eigenvalue weighted by Gasteiger charge is 2.29. The minimum Gasteiger partial charge on any atom is -0.348 e. The first-order chi connectivity index (χ1) is 8.99. The number of nitrogens with zero attached hydrogens (tertiary/aromatic N) is 4. The normalized spacial score (nSPS) is 34.3. The third-order valence-corrected chi connectivity index (χ3v) is 6.63. The molecular weight excluding hydrogens is 276 g/mol. The third-order valence-electron chi connectivity index (χ3n) is 4.09. The SMILES string of the molecule is CC1CCN(C2=NC(N(C)C)SS2)C(C)CCN1C. The van der Waals surface area contributed by atoms with Gasteiger partial charge in [-0.25, -0.2) is 4.99 Å². The summed E-state index contributed by atoms with van der Waals surface area (Å²) in [5.74, 6) is 0. The van der Waals surface area contributed by atoms with Gasteiger partial charge in [-0.3, -0.25) is 4.90 Å². The second kappa shape index (κ2) is 6.70. The van der Waals surface area contributed by atoms with Gasteiger partial charge in [0.25, 0.3) is 0 Å². The van der Waals surface area contributed by atoms with Crippen molar-refractivity contribution in [1.29, 1.82) is 0 Å². The fourth-order valence-electron chi connectivity index (χ4n) is 2.36. The van der Waals surface area contributed by atoms with E-state index in [9.17, 15) is 0 Å². The van der Waals surface area contributed by atoms with E-state index in [1.807, 2.05) is 21.6 Å². The van der Waals surface area contributed by atoms with Crippen LogP contribution in [0.2, 0.25) is 0 Å².